The third-order valence-corrected chi connectivity index (χ3v) is 5.13. The van der Waals surface area contributed by atoms with Gasteiger partial charge in [0, 0.05) is 33.9 Å². The maximum absolute atomic E-state index is 12.3. The smallest absolute Gasteiger partial charge is 0.225 e. The summed E-state index contributed by atoms with van der Waals surface area (Å²) in [5, 5.41) is 7.87. The van der Waals surface area contributed by atoms with Crippen LogP contribution in [0.15, 0.2) is 42.7 Å². The molecule has 3 aromatic rings. The number of nitrogens with one attached hydrogen (secondary N) is 2. The molecule has 0 aliphatic carbocycles. The summed E-state index contributed by atoms with van der Waals surface area (Å²) in [5.74, 6) is -0.0451. The second kappa shape index (κ2) is 8.69. The molecule has 0 aliphatic rings. The molecule has 5 nitrogen and oxygen atoms in total. The second-order valence-corrected chi connectivity index (χ2v) is 8.10. The topological polar surface area (TPSA) is 66.9 Å². The van der Waals surface area contributed by atoms with Gasteiger partial charge in [-0.2, -0.15) is 0 Å². The van der Waals surface area contributed by atoms with Crippen LogP contribution in [0, 0.1) is 0 Å². The van der Waals surface area contributed by atoms with Crippen molar-refractivity contribution in [3.8, 4) is 11.3 Å². The van der Waals surface area contributed by atoms with Gasteiger partial charge in [0.15, 0.2) is 5.13 Å². The van der Waals surface area contributed by atoms with E-state index in [4.69, 9.17) is 23.2 Å². The van der Waals surface area contributed by atoms with Crippen molar-refractivity contribution in [3.05, 3.63) is 57.6 Å². The molecule has 0 unspecified atom stereocenters. The van der Waals surface area contributed by atoms with E-state index in [9.17, 15) is 4.79 Å². The minimum atomic E-state index is -0.0451. The van der Waals surface area contributed by atoms with Crippen LogP contribution in [-0.2, 0) is 11.2 Å². The molecule has 3 rings (SSSR count). The van der Waals surface area contributed by atoms with E-state index in [1.807, 2.05) is 26.0 Å². The van der Waals surface area contributed by atoms with Gasteiger partial charge in [-0.15, -0.1) is 11.3 Å². The Morgan fingerprint density at radius 2 is 1.93 bits per heavy atom. The molecule has 0 bridgehead atoms. The lowest BCUT2D eigenvalue weighted by atomic mass is 10.1. The molecule has 0 atom stereocenters. The normalized spacial score (nSPS) is 10.9. The molecule has 27 heavy (non-hydrogen) atoms. The number of halogens is 2. The van der Waals surface area contributed by atoms with Crippen molar-refractivity contribution in [2.75, 3.05) is 5.32 Å². The van der Waals surface area contributed by atoms with Crippen LogP contribution in [0.2, 0.25) is 10.0 Å². The number of amides is 1. The lowest BCUT2D eigenvalue weighted by molar-refractivity contribution is -0.120. The highest BCUT2D eigenvalue weighted by Crippen LogP contribution is 2.35. The van der Waals surface area contributed by atoms with Crippen molar-refractivity contribution in [1.82, 2.24) is 15.3 Å². The van der Waals surface area contributed by atoms with Gasteiger partial charge in [0.05, 0.1) is 22.8 Å². The van der Waals surface area contributed by atoms with Crippen molar-refractivity contribution in [3.63, 3.8) is 0 Å². The summed E-state index contributed by atoms with van der Waals surface area (Å²) in [4.78, 5) is 21.9. The number of nitrogens with zero attached hydrogens (tertiary/aromatic N) is 2. The van der Waals surface area contributed by atoms with E-state index in [1.165, 1.54) is 11.3 Å². The fraction of sp³-hybridized carbons (Fsp3) is 0.211. The SMILES string of the molecule is CC(C)NC(=O)Cc1sc(Nc2cc(Cl)ccc2Cl)nc1-c1ccncc1. The number of carbonyl (C=O) groups is 1. The van der Waals surface area contributed by atoms with E-state index < -0.39 is 0 Å². The van der Waals surface area contributed by atoms with Gasteiger partial charge in [-0.1, -0.05) is 23.2 Å². The van der Waals surface area contributed by atoms with Crippen LogP contribution in [-0.4, -0.2) is 21.9 Å². The first-order valence-corrected chi connectivity index (χ1v) is 9.91. The predicted molar refractivity (Wildman–Crippen MR) is 112 cm³/mol. The zero-order valence-corrected chi connectivity index (χ0v) is 17.1. The summed E-state index contributed by atoms with van der Waals surface area (Å²) in [6, 6.07) is 9.01. The fourth-order valence-corrected chi connectivity index (χ4v) is 3.82. The Hall–Kier alpha value is -2.15. The van der Waals surface area contributed by atoms with Crippen LogP contribution < -0.4 is 10.6 Å². The van der Waals surface area contributed by atoms with Crippen molar-refractivity contribution < 1.29 is 4.79 Å². The Morgan fingerprint density at radius 1 is 1.19 bits per heavy atom. The Labute approximate surface area is 171 Å². The average molecular weight is 421 g/mol. The van der Waals surface area contributed by atoms with Crippen LogP contribution in [0.5, 0.6) is 0 Å². The molecule has 2 heterocycles. The Balaban J connectivity index is 1.94. The molecule has 0 aliphatic heterocycles. The molecule has 140 valence electrons. The summed E-state index contributed by atoms with van der Waals surface area (Å²) < 4.78 is 0. The van der Waals surface area contributed by atoms with Crippen LogP contribution in [0.1, 0.15) is 18.7 Å². The number of thiazole rings is 1. The van der Waals surface area contributed by atoms with E-state index in [0.717, 1.165) is 16.1 Å². The molecule has 8 heteroatoms. The molecule has 0 spiro atoms. The summed E-state index contributed by atoms with van der Waals surface area (Å²) in [6.45, 7) is 3.87. The van der Waals surface area contributed by atoms with E-state index >= 15 is 0 Å². The monoisotopic (exact) mass is 420 g/mol. The molecular weight excluding hydrogens is 403 g/mol. The summed E-state index contributed by atoms with van der Waals surface area (Å²) in [5.41, 5.74) is 2.32. The zero-order chi connectivity index (χ0) is 19.4. The van der Waals surface area contributed by atoms with Gasteiger partial charge in [0.1, 0.15) is 0 Å². The minimum Gasteiger partial charge on any atom is -0.354 e. The number of carbonyl (C=O) groups excluding carboxylic acids is 1. The Bertz CT molecular complexity index is 944. The quantitative estimate of drug-likeness (QED) is 0.565. The average Bonchev–Trinajstić information content (AvgIpc) is 3.00. The van der Waals surface area contributed by atoms with Crippen molar-refractivity contribution in [2.24, 2.45) is 0 Å². The first kappa shape index (κ1) is 19.6. The molecule has 1 aromatic carbocycles. The van der Waals surface area contributed by atoms with E-state index in [2.05, 4.69) is 20.6 Å². The number of aromatic nitrogens is 2. The number of rotatable bonds is 6. The lowest BCUT2D eigenvalue weighted by Gasteiger charge is -2.07. The van der Waals surface area contributed by atoms with Crippen molar-refractivity contribution in [1.29, 1.82) is 0 Å². The van der Waals surface area contributed by atoms with Gasteiger partial charge in [0.25, 0.3) is 0 Å². The lowest BCUT2D eigenvalue weighted by Crippen LogP contribution is -2.31. The van der Waals surface area contributed by atoms with Crippen molar-refractivity contribution >= 4 is 51.3 Å². The van der Waals surface area contributed by atoms with Gasteiger partial charge in [-0.05, 0) is 44.2 Å². The first-order chi connectivity index (χ1) is 12.9. The van der Waals surface area contributed by atoms with Crippen LogP contribution in [0.25, 0.3) is 11.3 Å². The van der Waals surface area contributed by atoms with E-state index in [1.54, 1.807) is 30.6 Å². The highest BCUT2D eigenvalue weighted by Gasteiger charge is 2.17. The van der Waals surface area contributed by atoms with E-state index in [0.29, 0.717) is 20.9 Å². The van der Waals surface area contributed by atoms with Gasteiger partial charge in [-0.25, -0.2) is 4.98 Å². The third kappa shape index (κ3) is 5.19. The molecular formula is C19H18Cl2N4OS. The van der Waals surface area contributed by atoms with Gasteiger partial charge >= 0.3 is 0 Å². The van der Waals surface area contributed by atoms with Gasteiger partial charge < -0.3 is 10.6 Å². The molecule has 2 N–H and O–H groups in total. The second-order valence-electron chi connectivity index (χ2n) is 6.17. The Kier molecular flexibility index (Phi) is 6.31. The maximum atomic E-state index is 12.3. The molecule has 0 saturated carbocycles. The number of anilines is 2. The van der Waals surface area contributed by atoms with Crippen LogP contribution in [0.3, 0.4) is 0 Å². The predicted octanol–water partition coefficient (Wildman–Crippen LogP) is 5.32. The van der Waals surface area contributed by atoms with Crippen molar-refractivity contribution in [2.45, 2.75) is 26.3 Å². The minimum absolute atomic E-state index is 0.0451. The fourth-order valence-electron chi connectivity index (χ4n) is 2.49. The largest absolute Gasteiger partial charge is 0.354 e. The summed E-state index contributed by atoms with van der Waals surface area (Å²) in [6.07, 6.45) is 3.65. The highest BCUT2D eigenvalue weighted by atomic mass is 35.5. The standard InChI is InChI=1S/C19H18Cl2N4OS/c1-11(2)23-17(26)10-16-18(12-5-7-22-8-6-12)25-19(27-16)24-15-9-13(20)3-4-14(15)21/h3-9,11H,10H2,1-2H3,(H,23,26)(H,24,25). The summed E-state index contributed by atoms with van der Waals surface area (Å²) >= 11 is 13.7. The Morgan fingerprint density at radius 3 is 2.63 bits per heavy atom. The molecule has 2 aromatic heterocycles. The van der Waals surface area contributed by atoms with E-state index in [-0.39, 0.29) is 18.4 Å². The molecule has 0 radical (unpaired) electrons. The van der Waals surface area contributed by atoms with Gasteiger partial charge in [0.2, 0.25) is 5.91 Å². The number of benzene rings is 1. The zero-order valence-electron chi connectivity index (χ0n) is 14.8. The molecule has 0 saturated heterocycles. The molecule has 1 amide bonds. The maximum Gasteiger partial charge on any atom is 0.225 e. The highest BCUT2D eigenvalue weighted by molar-refractivity contribution is 7.16. The molecule has 0 fully saturated rings. The number of hydrogen-bond acceptors (Lipinski definition) is 5. The third-order valence-electron chi connectivity index (χ3n) is 3.59. The number of pyridine rings is 1. The van der Waals surface area contributed by atoms with Crippen LogP contribution >= 0.6 is 34.5 Å². The first-order valence-electron chi connectivity index (χ1n) is 8.34. The number of hydrogen-bond donors (Lipinski definition) is 2. The van der Waals surface area contributed by atoms with Gasteiger partial charge in [-0.3, -0.25) is 9.78 Å². The van der Waals surface area contributed by atoms with Crippen LogP contribution in [0.4, 0.5) is 10.8 Å². The summed E-state index contributed by atoms with van der Waals surface area (Å²) in [7, 11) is 0.